The number of nitrogens with two attached hydrogens (primary N) is 1. The predicted octanol–water partition coefficient (Wildman–Crippen LogP) is 2.20. The maximum Gasteiger partial charge on any atom is 0.224 e. The summed E-state index contributed by atoms with van der Waals surface area (Å²) in [5.74, 6) is -0.0382. The summed E-state index contributed by atoms with van der Waals surface area (Å²) in [5, 5.41) is 12.4. The van der Waals surface area contributed by atoms with E-state index in [2.05, 4.69) is 5.32 Å². The van der Waals surface area contributed by atoms with Crippen LogP contribution in [0, 0.1) is 0 Å². The van der Waals surface area contributed by atoms with Crippen LogP contribution in [0.2, 0.25) is 0 Å². The maximum atomic E-state index is 11.7. The van der Waals surface area contributed by atoms with Gasteiger partial charge in [0.2, 0.25) is 5.91 Å². The molecule has 18 heavy (non-hydrogen) atoms. The number of amides is 1. The minimum atomic E-state index is -0.592. The van der Waals surface area contributed by atoms with E-state index in [0.29, 0.717) is 12.1 Å². The molecule has 0 heterocycles. The zero-order valence-corrected chi connectivity index (χ0v) is 11.0. The highest BCUT2D eigenvalue weighted by Crippen LogP contribution is 2.22. The number of para-hydroxylation sites is 1. The van der Waals surface area contributed by atoms with Crippen LogP contribution in [-0.2, 0) is 4.79 Å². The Morgan fingerprint density at radius 2 is 2.06 bits per heavy atom. The smallest absolute Gasteiger partial charge is 0.224 e. The Balaban J connectivity index is 2.54. The van der Waals surface area contributed by atoms with Crippen molar-refractivity contribution >= 4 is 11.6 Å². The molecule has 2 atom stereocenters. The minimum absolute atomic E-state index is 0.0382. The Morgan fingerprint density at radius 1 is 1.39 bits per heavy atom. The van der Waals surface area contributed by atoms with Gasteiger partial charge in [-0.15, -0.1) is 0 Å². The summed E-state index contributed by atoms with van der Waals surface area (Å²) in [7, 11) is 0. The molecule has 0 aromatic heterocycles. The molecule has 2 unspecified atom stereocenters. The first-order valence-electron chi connectivity index (χ1n) is 6.33. The van der Waals surface area contributed by atoms with E-state index in [-0.39, 0.29) is 11.9 Å². The van der Waals surface area contributed by atoms with Gasteiger partial charge in [-0.2, -0.15) is 0 Å². The third-order valence-corrected chi connectivity index (χ3v) is 2.75. The number of carbonyl (C=O) groups is 1. The fraction of sp³-hybridized carbons (Fsp3) is 0.500. The lowest BCUT2D eigenvalue weighted by Gasteiger charge is -2.13. The average molecular weight is 250 g/mol. The van der Waals surface area contributed by atoms with E-state index >= 15 is 0 Å². The average Bonchev–Trinajstić information content (AvgIpc) is 2.28. The lowest BCUT2D eigenvalue weighted by molar-refractivity contribution is -0.116. The molecule has 4 nitrogen and oxygen atoms in total. The molecule has 0 spiro atoms. The molecule has 0 aliphatic heterocycles. The molecule has 0 aliphatic rings. The van der Waals surface area contributed by atoms with Crippen molar-refractivity contribution in [3.05, 3.63) is 29.8 Å². The number of rotatable bonds is 6. The van der Waals surface area contributed by atoms with Gasteiger partial charge < -0.3 is 16.2 Å². The molecule has 1 rings (SSSR count). The van der Waals surface area contributed by atoms with Gasteiger partial charge in [0.15, 0.2) is 0 Å². The summed E-state index contributed by atoms with van der Waals surface area (Å²) in [6.45, 7) is 3.61. The third kappa shape index (κ3) is 4.85. The van der Waals surface area contributed by atoms with E-state index in [0.717, 1.165) is 18.4 Å². The van der Waals surface area contributed by atoms with Gasteiger partial charge in [0, 0.05) is 23.7 Å². The van der Waals surface area contributed by atoms with Gasteiger partial charge in [0.1, 0.15) is 0 Å². The summed E-state index contributed by atoms with van der Waals surface area (Å²) in [5.41, 5.74) is 7.04. The highest BCUT2D eigenvalue weighted by atomic mass is 16.3. The molecular formula is C14H22N2O2. The van der Waals surface area contributed by atoms with Crippen molar-refractivity contribution in [1.29, 1.82) is 0 Å². The number of anilines is 1. The highest BCUT2D eigenvalue weighted by Gasteiger charge is 2.09. The Hall–Kier alpha value is -1.39. The highest BCUT2D eigenvalue weighted by molar-refractivity contribution is 5.91. The van der Waals surface area contributed by atoms with Gasteiger partial charge in [0.25, 0.3) is 0 Å². The second-order valence-electron chi connectivity index (χ2n) is 4.68. The second-order valence-corrected chi connectivity index (χ2v) is 4.68. The van der Waals surface area contributed by atoms with Crippen molar-refractivity contribution < 1.29 is 9.90 Å². The minimum Gasteiger partial charge on any atom is -0.389 e. The molecule has 0 saturated heterocycles. The summed E-state index contributed by atoms with van der Waals surface area (Å²) in [6.07, 6.45) is 1.48. The number of carbonyl (C=O) groups excluding carboxylic acids is 1. The molecule has 1 aromatic rings. The number of aliphatic hydroxyl groups excluding tert-OH is 1. The van der Waals surface area contributed by atoms with Crippen LogP contribution in [0.1, 0.15) is 44.8 Å². The van der Waals surface area contributed by atoms with Crippen LogP contribution < -0.4 is 11.1 Å². The van der Waals surface area contributed by atoms with E-state index in [9.17, 15) is 9.90 Å². The summed E-state index contributed by atoms with van der Waals surface area (Å²) in [4.78, 5) is 11.7. The van der Waals surface area contributed by atoms with E-state index in [1.165, 1.54) is 0 Å². The Bertz CT molecular complexity index is 389. The predicted molar refractivity (Wildman–Crippen MR) is 73.2 cm³/mol. The van der Waals surface area contributed by atoms with E-state index < -0.39 is 6.10 Å². The summed E-state index contributed by atoms with van der Waals surface area (Å²) < 4.78 is 0. The van der Waals surface area contributed by atoms with E-state index in [1.807, 2.05) is 25.1 Å². The summed E-state index contributed by atoms with van der Waals surface area (Å²) in [6, 6.07) is 7.41. The first-order valence-corrected chi connectivity index (χ1v) is 6.33. The van der Waals surface area contributed by atoms with Gasteiger partial charge in [-0.1, -0.05) is 18.2 Å². The quantitative estimate of drug-likeness (QED) is 0.724. The fourth-order valence-corrected chi connectivity index (χ4v) is 1.77. The van der Waals surface area contributed by atoms with E-state index in [1.54, 1.807) is 13.0 Å². The normalized spacial score (nSPS) is 14.0. The monoisotopic (exact) mass is 250 g/mol. The first-order chi connectivity index (χ1) is 8.50. The van der Waals surface area contributed by atoms with Crippen LogP contribution in [-0.4, -0.2) is 17.1 Å². The molecule has 1 aromatic carbocycles. The van der Waals surface area contributed by atoms with Crippen molar-refractivity contribution in [3.8, 4) is 0 Å². The SMILES string of the molecule is CC(N)CCCC(=O)Nc1ccccc1C(C)O. The molecule has 0 bridgehead atoms. The Morgan fingerprint density at radius 3 is 2.67 bits per heavy atom. The van der Waals surface area contributed by atoms with Crippen molar-refractivity contribution in [2.24, 2.45) is 5.73 Å². The van der Waals surface area contributed by atoms with Crippen LogP contribution in [0.25, 0.3) is 0 Å². The molecule has 0 saturated carbocycles. The zero-order chi connectivity index (χ0) is 13.5. The van der Waals surface area contributed by atoms with Crippen LogP contribution >= 0.6 is 0 Å². The maximum absolute atomic E-state index is 11.7. The number of hydrogen-bond donors (Lipinski definition) is 3. The molecule has 1 amide bonds. The molecule has 4 heteroatoms. The Kier molecular flexibility index (Phi) is 5.82. The number of benzene rings is 1. The van der Waals surface area contributed by atoms with Crippen molar-refractivity contribution in [2.75, 3.05) is 5.32 Å². The molecule has 100 valence electrons. The topological polar surface area (TPSA) is 75.4 Å². The lowest BCUT2D eigenvalue weighted by Crippen LogP contribution is -2.17. The van der Waals surface area contributed by atoms with Crippen molar-refractivity contribution in [1.82, 2.24) is 0 Å². The Labute approximate surface area is 108 Å². The largest absolute Gasteiger partial charge is 0.389 e. The zero-order valence-electron chi connectivity index (χ0n) is 11.0. The molecule has 4 N–H and O–H groups in total. The van der Waals surface area contributed by atoms with Crippen LogP contribution in [0.4, 0.5) is 5.69 Å². The third-order valence-electron chi connectivity index (χ3n) is 2.75. The summed E-state index contributed by atoms with van der Waals surface area (Å²) >= 11 is 0. The van der Waals surface area contributed by atoms with E-state index in [4.69, 9.17) is 5.73 Å². The molecular weight excluding hydrogens is 228 g/mol. The van der Waals surface area contributed by atoms with Gasteiger partial charge >= 0.3 is 0 Å². The lowest BCUT2D eigenvalue weighted by atomic mass is 10.1. The standard InChI is InChI=1S/C14H22N2O2/c1-10(15)6-5-9-14(18)16-13-8-4-3-7-12(13)11(2)17/h3-4,7-8,10-11,17H,5-6,9,15H2,1-2H3,(H,16,18). The molecule has 0 aliphatic carbocycles. The molecule has 0 fully saturated rings. The number of nitrogens with one attached hydrogen (secondary N) is 1. The number of hydrogen-bond acceptors (Lipinski definition) is 3. The van der Waals surface area contributed by atoms with Crippen molar-refractivity contribution in [2.45, 2.75) is 45.3 Å². The van der Waals surface area contributed by atoms with Gasteiger partial charge in [-0.3, -0.25) is 4.79 Å². The first kappa shape index (κ1) is 14.7. The van der Waals surface area contributed by atoms with Gasteiger partial charge in [0.05, 0.1) is 6.10 Å². The fourth-order valence-electron chi connectivity index (χ4n) is 1.77. The van der Waals surface area contributed by atoms with Crippen molar-refractivity contribution in [3.63, 3.8) is 0 Å². The van der Waals surface area contributed by atoms with Gasteiger partial charge in [-0.05, 0) is 32.8 Å². The second kappa shape index (κ2) is 7.13. The van der Waals surface area contributed by atoms with Crippen LogP contribution in [0.15, 0.2) is 24.3 Å². The van der Waals surface area contributed by atoms with Crippen LogP contribution in [0.3, 0.4) is 0 Å². The van der Waals surface area contributed by atoms with Crippen LogP contribution in [0.5, 0.6) is 0 Å². The van der Waals surface area contributed by atoms with Gasteiger partial charge in [-0.25, -0.2) is 0 Å². The molecule has 0 radical (unpaired) electrons. The number of aliphatic hydroxyl groups is 1.